The molecule has 0 atom stereocenters. The maximum atomic E-state index is 11.0. The van der Waals surface area contributed by atoms with Crippen molar-refractivity contribution in [1.82, 2.24) is 9.80 Å². The molecular weight excluding hydrogens is 216 g/mol. The molecule has 0 spiro atoms. The molecule has 1 saturated heterocycles. The molecule has 0 bridgehead atoms. The van der Waals surface area contributed by atoms with Crippen LogP contribution in [0.15, 0.2) is 11.6 Å². The van der Waals surface area contributed by atoms with Crippen LogP contribution in [-0.2, 0) is 9.53 Å². The summed E-state index contributed by atoms with van der Waals surface area (Å²) in [7, 11) is 0. The van der Waals surface area contributed by atoms with Crippen LogP contribution in [0, 0.1) is 0 Å². The van der Waals surface area contributed by atoms with E-state index < -0.39 is 0 Å². The first-order chi connectivity index (χ1) is 7.95. The molecule has 0 aromatic heterocycles. The normalized spacial score (nSPS) is 23.7. The standard InChI is InChI=1S/C13H22N2O2/c1-13(2,3)15-6-4-14(5-7-15)9-11-8-12(16)17-10-11/h8H,4-7,9-10H2,1-3H3. The van der Waals surface area contributed by atoms with Gasteiger partial charge in [0.2, 0.25) is 0 Å². The summed E-state index contributed by atoms with van der Waals surface area (Å²) < 4.78 is 4.91. The minimum Gasteiger partial charge on any atom is -0.458 e. The summed E-state index contributed by atoms with van der Waals surface area (Å²) in [6.45, 7) is 12.5. The monoisotopic (exact) mass is 238 g/mol. The largest absolute Gasteiger partial charge is 0.458 e. The highest BCUT2D eigenvalue weighted by molar-refractivity contribution is 5.85. The second kappa shape index (κ2) is 4.78. The Labute approximate surface area is 103 Å². The molecule has 0 aliphatic carbocycles. The number of esters is 1. The number of rotatable bonds is 2. The number of ether oxygens (including phenoxy) is 1. The van der Waals surface area contributed by atoms with E-state index in [1.165, 1.54) is 0 Å². The fraction of sp³-hybridized carbons (Fsp3) is 0.769. The molecule has 2 aliphatic heterocycles. The lowest BCUT2D eigenvalue weighted by Crippen LogP contribution is -2.53. The van der Waals surface area contributed by atoms with Crippen molar-refractivity contribution in [2.75, 3.05) is 39.3 Å². The lowest BCUT2D eigenvalue weighted by atomic mass is 10.0. The van der Waals surface area contributed by atoms with Crippen molar-refractivity contribution in [2.24, 2.45) is 0 Å². The third kappa shape index (κ3) is 3.30. The topological polar surface area (TPSA) is 32.8 Å². The number of hydrogen-bond donors (Lipinski definition) is 0. The van der Waals surface area contributed by atoms with Crippen molar-refractivity contribution in [2.45, 2.75) is 26.3 Å². The predicted octanol–water partition coefficient (Wildman–Crippen LogP) is 0.886. The SMILES string of the molecule is CC(C)(C)N1CCN(CC2=CC(=O)OC2)CC1. The van der Waals surface area contributed by atoms with Gasteiger partial charge < -0.3 is 4.74 Å². The maximum absolute atomic E-state index is 11.0. The molecule has 2 heterocycles. The van der Waals surface area contributed by atoms with E-state index in [1.807, 2.05) is 0 Å². The number of piperazine rings is 1. The van der Waals surface area contributed by atoms with Gasteiger partial charge in [-0.25, -0.2) is 4.79 Å². The Morgan fingerprint density at radius 1 is 1.24 bits per heavy atom. The van der Waals surface area contributed by atoms with Crippen LogP contribution < -0.4 is 0 Å². The summed E-state index contributed by atoms with van der Waals surface area (Å²) in [6.07, 6.45) is 1.64. The van der Waals surface area contributed by atoms with Crippen LogP contribution in [0.4, 0.5) is 0 Å². The molecule has 0 saturated carbocycles. The van der Waals surface area contributed by atoms with Gasteiger partial charge in [0.05, 0.1) is 0 Å². The lowest BCUT2D eigenvalue weighted by molar-refractivity contribution is -0.134. The van der Waals surface area contributed by atoms with Crippen molar-refractivity contribution >= 4 is 5.97 Å². The van der Waals surface area contributed by atoms with Crippen LogP contribution in [0.1, 0.15) is 20.8 Å². The highest BCUT2D eigenvalue weighted by atomic mass is 16.5. The van der Waals surface area contributed by atoms with Gasteiger partial charge in [-0.15, -0.1) is 0 Å². The van der Waals surface area contributed by atoms with Gasteiger partial charge in [0.25, 0.3) is 0 Å². The van der Waals surface area contributed by atoms with E-state index in [-0.39, 0.29) is 11.5 Å². The van der Waals surface area contributed by atoms with Crippen molar-refractivity contribution in [3.63, 3.8) is 0 Å². The Hall–Kier alpha value is -0.870. The van der Waals surface area contributed by atoms with Gasteiger partial charge in [-0.3, -0.25) is 9.80 Å². The Kier molecular flexibility index (Phi) is 3.54. The van der Waals surface area contributed by atoms with E-state index in [0.29, 0.717) is 6.61 Å². The van der Waals surface area contributed by atoms with E-state index in [1.54, 1.807) is 6.08 Å². The molecule has 1 fully saturated rings. The van der Waals surface area contributed by atoms with E-state index in [9.17, 15) is 4.79 Å². The molecule has 0 unspecified atom stereocenters. The second-order valence-corrected chi connectivity index (χ2v) is 5.84. The fourth-order valence-electron chi connectivity index (χ4n) is 2.37. The fourth-order valence-corrected chi connectivity index (χ4v) is 2.37. The first-order valence-corrected chi connectivity index (χ1v) is 6.29. The molecular formula is C13H22N2O2. The van der Waals surface area contributed by atoms with E-state index >= 15 is 0 Å². The number of carbonyl (C=O) groups is 1. The molecule has 17 heavy (non-hydrogen) atoms. The quantitative estimate of drug-likeness (QED) is 0.669. The molecule has 4 heteroatoms. The highest BCUT2D eigenvalue weighted by Gasteiger charge is 2.26. The number of cyclic esters (lactones) is 1. The number of carbonyl (C=O) groups excluding carboxylic acids is 1. The third-order valence-electron chi connectivity index (χ3n) is 3.47. The zero-order chi connectivity index (χ0) is 12.5. The van der Waals surface area contributed by atoms with Crippen LogP contribution in [0.25, 0.3) is 0 Å². The van der Waals surface area contributed by atoms with Crippen LogP contribution in [0.5, 0.6) is 0 Å². The van der Waals surface area contributed by atoms with Crippen LogP contribution in [0.3, 0.4) is 0 Å². The van der Waals surface area contributed by atoms with Crippen molar-refractivity contribution in [3.8, 4) is 0 Å². The Balaban J connectivity index is 1.80. The molecule has 0 N–H and O–H groups in total. The van der Waals surface area contributed by atoms with Gasteiger partial charge in [0.1, 0.15) is 6.61 Å². The van der Waals surface area contributed by atoms with Gasteiger partial charge in [-0.2, -0.15) is 0 Å². The zero-order valence-corrected chi connectivity index (χ0v) is 11.0. The van der Waals surface area contributed by atoms with E-state index in [2.05, 4.69) is 30.6 Å². The molecule has 96 valence electrons. The summed E-state index contributed by atoms with van der Waals surface area (Å²) in [5.74, 6) is -0.187. The Morgan fingerprint density at radius 3 is 2.35 bits per heavy atom. The predicted molar refractivity (Wildman–Crippen MR) is 66.8 cm³/mol. The zero-order valence-electron chi connectivity index (χ0n) is 11.0. The number of nitrogens with zero attached hydrogens (tertiary/aromatic N) is 2. The maximum Gasteiger partial charge on any atom is 0.331 e. The van der Waals surface area contributed by atoms with Gasteiger partial charge in [0, 0.05) is 44.3 Å². The average Bonchev–Trinajstić information content (AvgIpc) is 2.63. The smallest absolute Gasteiger partial charge is 0.331 e. The Morgan fingerprint density at radius 2 is 1.88 bits per heavy atom. The van der Waals surface area contributed by atoms with E-state index in [0.717, 1.165) is 38.3 Å². The van der Waals surface area contributed by atoms with Gasteiger partial charge in [-0.05, 0) is 26.3 Å². The minimum atomic E-state index is -0.187. The second-order valence-electron chi connectivity index (χ2n) is 5.84. The molecule has 0 aromatic carbocycles. The average molecular weight is 238 g/mol. The highest BCUT2D eigenvalue weighted by Crippen LogP contribution is 2.17. The first-order valence-electron chi connectivity index (χ1n) is 6.29. The summed E-state index contributed by atoms with van der Waals surface area (Å²) in [6, 6.07) is 0. The van der Waals surface area contributed by atoms with Crippen LogP contribution in [-0.4, -0.2) is 60.6 Å². The molecule has 0 aromatic rings. The van der Waals surface area contributed by atoms with Crippen LogP contribution >= 0.6 is 0 Å². The van der Waals surface area contributed by atoms with Gasteiger partial charge >= 0.3 is 5.97 Å². The third-order valence-corrected chi connectivity index (χ3v) is 3.47. The molecule has 0 radical (unpaired) electrons. The van der Waals surface area contributed by atoms with Crippen LogP contribution in [0.2, 0.25) is 0 Å². The summed E-state index contributed by atoms with van der Waals surface area (Å²) >= 11 is 0. The van der Waals surface area contributed by atoms with Crippen molar-refractivity contribution in [1.29, 1.82) is 0 Å². The molecule has 0 amide bonds. The summed E-state index contributed by atoms with van der Waals surface area (Å²) in [4.78, 5) is 15.9. The number of hydrogen-bond acceptors (Lipinski definition) is 4. The van der Waals surface area contributed by atoms with Crippen molar-refractivity contribution < 1.29 is 9.53 Å². The van der Waals surface area contributed by atoms with E-state index in [4.69, 9.17) is 4.74 Å². The summed E-state index contributed by atoms with van der Waals surface area (Å²) in [5, 5.41) is 0. The van der Waals surface area contributed by atoms with Gasteiger partial charge in [-0.1, -0.05) is 0 Å². The Bertz CT molecular complexity index is 323. The molecule has 4 nitrogen and oxygen atoms in total. The van der Waals surface area contributed by atoms with Gasteiger partial charge in [0.15, 0.2) is 0 Å². The molecule has 2 aliphatic rings. The lowest BCUT2D eigenvalue weighted by Gasteiger charge is -2.42. The first kappa shape index (κ1) is 12.6. The minimum absolute atomic E-state index is 0.187. The summed E-state index contributed by atoms with van der Waals surface area (Å²) in [5.41, 5.74) is 1.37. The van der Waals surface area contributed by atoms with Crippen molar-refractivity contribution in [3.05, 3.63) is 11.6 Å². The molecule has 2 rings (SSSR count).